The Bertz CT molecular complexity index is 2170. The highest BCUT2D eigenvalue weighted by atomic mass is 35.5. The third-order valence-electron chi connectivity index (χ3n) is 7.53. The molecule has 4 heterocycles. The zero-order valence-corrected chi connectivity index (χ0v) is 25.8. The van der Waals surface area contributed by atoms with E-state index in [1.807, 2.05) is 45.0 Å². The third kappa shape index (κ3) is 6.11. The summed E-state index contributed by atoms with van der Waals surface area (Å²) in [6, 6.07) is 22.4. The molecule has 3 N–H and O–H groups in total. The second-order valence-corrected chi connectivity index (χ2v) is 11.1. The molecule has 3 aromatic carbocycles. The molecule has 0 fully saturated rings. The molecule has 0 radical (unpaired) electrons. The van der Waals surface area contributed by atoms with Crippen LogP contribution in [0.1, 0.15) is 32.9 Å². The van der Waals surface area contributed by atoms with E-state index in [2.05, 4.69) is 44.7 Å². The summed E-state index contributed by atoms with van der Waals surface area (Å²) in [7, 11) is 0. The first-order valence-corrected chi connectivity index (χ1v) is 14.5. The predicted molar refractivity (Wildman–Crippen MR) is 177 cm³/mol. The molecule has 1 amide bonds. The van der Waals surface area contributed by atoms with Crippen LogP contribution in [0.3, 0.4) is 0 Å². The summed E-state index contributed by atoms with van der Waals surface area (Å²) in [6.07, 6.45) is 3.49. The van der Waals surface area contributed by atoms with E-state index in [9.17, 15) is 4.79 Å². The number of aromatic nitrogens is 4. The SMILES string of the molecule is Cc1cc2c(C)noc2cc1-c1ccc(N)nc1.Cc1cc2c(C)noc2cc1-c1ccc(NC(=O)c2ccccc2Cl)nc1. The fourth-order valence-electron chi connectivity index (χ4n) is 5.07. The van der Waals surface area contributed by atoms with Crippen LogP contribution in [0.4, 0.5) is 11.6 Å². The van der Waals surface area contributed by atoms with E-state index in [4.69, 9.17) is 26.4 Å². The highest BCUT2D eigenvalue weighted by Crippen LogP contribution is 2.31. The van der Waals surface area contributed by atoms with E-state index in [-0.39, 0.29) is 5.91 Å². The molecule has 0 unspecified atom stereocenters. The first kappa shape index (κ1) is 29.5. The molecule has 0 spiro atoms. The molecule has 7 rings (SSSR count). The van der Waals surface area contributed by atoms with Crippen LogP contribution < -0.4 is 11.1 Å². The summed E-state index contributed by atoms with van der Waals surface area (Å²) in [4.78, 5) is 20.8. The number of nitrogen functional groups attached to an aromatic ring is 1. The number of aryl methyl sites for hydroxylation is 4. The molecule has 0 aliphatic heterocycles. The average Bonchev–Trinajstić information content (AvgIpc) is 3.58. The first-order valence-electron chi connectivity index (χ1n) is 14.2. The van der Waals surface area contributed by atoms with Gasteiger partial charge < -0.3 is 20.1 Å². The summed E-state index contributed by atoms with van der Waals surface area (Å²) in [5.41, 5.74) is 15.6. The van der Waals surface area contributed by atoms with E-state index < -0.39 is 0 Å². The van der Waals surface area contributed by atoms with Crippen molar-refractivity contribution in [1.82, 2.24) is 20.3 Å². The number of anilines is 2. The number of hydrogen-bond donors (Lipinski definition) is 2. The Morgan fingerprint density at radius 2 is 1.29 bits per heavy atom. The Kier molecular flexibility index (Phi) is 8.02. The minimum Gasteiger partial charge on any atom is -0.384 e. The number of nitrogens with one attached hydrogen (secondary N) is 1. The van der Waals surface area contributed by atoms with Gasteiger partial charge in [-0.3, -0.25) is 4.79 Å². The van der Waals surface area contributed by atoms with E-state index >= 15 is 0 Å². The molecule has 4 aromatic heterocycles. The third-order valence-corrected chi connectivity index (χ3v) is 7.86. The molecule has 10 heteroatoms. The topological polar surface area (TPSA) is 133 Å². The zero-order valence-electron chi connectivity index (χ0n) is 25.1. The van der Waals surface area contributed by atoms with Crippen LogP contribution >= 0.6 is 11.6 Å². The van der Waals surface area contributed by atoms with Gasteiger partial charge in [0.05, 0.1) is 22.0 Å². The summed E-state index contributed by atoms with van der Waals surface area (Å²) < 4.78 is 10.7. The van der Waals surface area contributed by atoms with Crippen molar-refractivity contribution in [2.75, 3.05) is 11.1 Å². The Hall–Kier alpha value is -5.54. The standard InChI is InChI=1S/C21H16ClN3O2.C14H13N3O/c1-12-9-17-13(2)25-27-19(17)10-16(12)14-7-8-20(23-11-14)24-21(26)15-5-3-4-6-18(15)22;1-8-5-12-9(2)17-18-13(12)6-11(8)10-3-4-14(15)16-7-10/h3-11H,1-2H3,(H,23,24,26);3-7H,1-2H3,(H2,15,16). The number of carbonyl (C=O) groups excluding carboxylic acids is 1. The van der Waals surface area contributed by atoms with E-state index in [0.29, 0.717) is 22.2 Å². The van der Waals surface area contributed by atoms with Gasteiger partial charge >= 0.3 is 0 Å². The molecule has 45 heavy (non-hydrogen) atoms. The van der Waals surface area contributed by atoms with Gasteiger partial charge in [0.2, 0.25) is 0 Å². The maximum absolute atomic E-state index is 12.3. The molecule has 0 saturated carbocycles. The van der Waals surface area contributed by atoms with Gasteiger partial charge in [-0.15, -0.1) is 0 Å². The van der Waals surface area contributed by atoms with E-state index in [1.54, 1.807) is 48.8 Å². The second-order valence-electron chi connectivity index (χ2n) is 10.7. The predicted octanol–water partition coefficient (Wildman–Crippen LogP) is 8.50. The summed E-state index contributed by atoms with van der Waals surface area (Å²) in [6.45, 7) is 7.96. The quantitative estimate of drug-likeness (QED) is 0.201. The Morgan fingerprint density at radius 1 is 0.733 bits per heavy atom. The van der Waals surface area contributed by atoms with E-state index in [0.717, 1.165) is 61.1 Å². The highest BCUT2D eigenvalue weighted by Gasteiger charge is 2.13. The fourth-order valence-corrected chi connectivity index (χ4v) is 5.29. The molecule has 0 saturated heterocycles. The Balaban J connectivity index is 0.000000172. The van der Waals surface area contributed by atoms with Crippen LogP contribution in [0.15, 0.2) is 94.2 Å². The minimum absolute atomic E-state index is 0.296. The van der Waals surface area contributed by atoms with Gasteiger partial charge in [0.1, 0.15) is 11.6 Å². The first-order chi connectivity index (χ1) is 21.7. The number of halogens is 1. The van der Waals surface area contributed by atoms with Gasteiger partial charge in [-0.25, -0.2) is 9.97 Å². The smallest absolute Gasteiger partial charge is 0.258 e. The van der Waals surface area contributed by atoms with Gasteiger partial charge in [0.25, 0.3) is 5.91 Å². The van der Waals surface area contributed by atoms with Crippen LogP contribution in [0.2, 0.25) is 5.02 Å². The summed E-state index contributed by atoms with van der Waals surface area (Å²) >= 11 is 6.06. The maximum atomic E-state index is 12.3. The highest BCUT2D eigenvalue weighted by molar-refractivity contribution is 6.34. The van der Waals surface area contributed by atoms with Crippen molar-refractivity contribution in [2.24, 2.45) is 0 Å². The zero-order chi connectivity index (χ0) is 31.7. The lowest BCUT2D eigenvalue weighted by molar-refractivity contribution is 0.102. The molecule has 224 valence electrons. The lowest BCUT2D eigenvalue weighted by Crippen LogP contribution is -2.13. The summed E-state index contributed by atoms with van der Waals surface area (Å²) in [5.74, 6) is 0.682. The van der Waals surface area contributed by atoms with Crippen LogP contribution in [0, 0.1) is 27.7 Å². The average molecular weight is 617 g/mol. The van der Waals surface area contributed by atoms with E-state index in [1.165, 1.54) is 5.56 Å². The Labute approximate surface area is 264 Å². The largest absolute Gasteiger partial charge is 0.384 e. The fraction of sp³-hybridized carbons (Fsp3) is 0.114. The number of amides is 1. The number of hydrogen-bond acceptors (Lipinski definition) is 8. The number of carbonyl (C=O) groups is 1. The molecule has 7 aromatic rings. The number of benzene rings is 3. The van der Waals surface area contributed by atoms with Crippen molar-refractivity contribution in [3.05, 3.63) is 118 Å². The molecule has 0 atom stereocenters. The Morgan fingerprint density at radius 3 is 1.80 bits per heavy atom. The number of rotatable bonds is 4. The molecule has 9 nitrogen and oxygen atoms in total. The van der Waals surface area contributed by atoms with Crippen molar-refractivity contribution in [2.45, 2.75) is 27.7 Å². The van der Waals surface area contributed by atoms with Gasteiger partial charge in [0, 0.05) is 34.3 Å². The number of pyridine rings is 2. The van der Waals surface area contributed by atoms with Crippen LogP contribution in [-0.2, 0) is 0 Å². The normalized spacial score (nSPS) is 11.0. The van der Waals surface area contributed by atoms with Crippen LogP contribution in [0.5, 0.6) is 0 Å². The maximum Gasteiger partial charge on any atom is 0.258 e. The number of fused-ring (bicyclic) bond motifs is 2. The molecular formula is C35H29ClN6O3. The van der Waals surface area contributed by atoms with Gasteiger partial charge in [-0.05, 0) is 111 Å². The van der Waals surface area contributed by atoms with Gasteiger partial charge in [-0.1, -0.05) is 34.0 Å². The van der Waals surface area contributed by atoms with Crippen molar-refractivity contribution in [3.8, 4) is 22.3 Å². The molecule has 0 aliphatic carbocycles. The van der Waals surface area contributed by atoms with Crippen molar-refractivity contribution < 1.29 is 13.8 Å². The molecule has 0 aliphatic rings. The second kappa shape index (κ2) is 12.2. The van der Waals surface area contributed by atoms with Crippen LogP contribution in [0.25, 0.3) is 44.2 Å². The monoisotopic (exact) mass is 616 g/mol. The van der Waals surface area contributed by atoms with Crippen molar-refractivity contribution in [1.29, 1.82) is 0 Å². The minimum atomic E-state index is -0.296. The lowest BCUT2D eigenvalue weighted by atomic mass is 10.00. The van der Waals surface area contributed by atoms with Crippen molar-refractivity contribution in [3.63, 3.8) is 0 Å². The number of nitrogens with zero attached hydrogens (tertiary/aromatic N) is 4. The van der Waals surface area contributed by atoms with Gasteiger partial charge in [0.15, 0.2) is 11.2 Å². The lowest BCUT2D eigenvalue weighted by Gasteiger charge is -2.09. The number of nitrogens with two attached hydrogens (primary N) is 1. The summed E-state index contributed by atoms with van der Waals surface area (Å²) in [5, 5.41) is 13.2. The molecular weight excluding hydrogens is 588 g/mol. The van der Waals surface area contributed by atoms with Crippen LogP contribution in [-0.4, -0.2) is 26.2 Å². The van der Waals surface area contributed by atoms with Gasteiger partial charge in [-0.2, -0.15) is 0 Å². The molecule has 0 bridgehead atoms. The van der Waals surface area contributed by atoms with Crippen molar-refractivity contribution >= 4 is 51.1 Å².